The van der Waals surface area contributed by atoms with Crippen LogP contribution in [0.5, 0.6) is 11.5 Å². The zero-order valence-corrected chi connectivity index (χ0v) is 15.8. The molecule has 2 aromatic carbocycles. The fraction of sp³-hybridized carbons (Fsp3) is 0.333. The predicted octanol–water partition coefficient (Wildman–Crippen LogP) is 2.41. The first kappa shape index (κ1) is 20.3. The number of ether oxygens (including phenoxy) is 2. The van der Waals surface area contributed by atoms with Gasteiger partial charge < -0.3 is 20.1 Å². The van der Waals surface area contributed by atoms with Gasteiger partial charge in [-0.15, -0.1) is 0 Å². The van der Waals surface area contributed by atoms with E-state index in [1.54, 1.807) is 31.1 Å². The monoisotopic (exact) mass is 370 g/mol. The highest BCUT2D eigenvalue weighted by molar-refractivity contribution is 5.82. The van der Waals surface area contributed by atoms with E-state index in [9.17, 15) is 9.59 Å². The van der Waals surface area contributed by atoms with Gasteiger partial charge in [0, 0.05) is 19.5 Å². The van der Waals surface area contributed by atoms with Gasteiger partial charge in [0.05, 0.1) is 7.11 Å². The maximum absolute atomic E-state index is 12.9. The first-order valence-electron chi connectivity index (χ1n) is 8.92. The molecule has 0 aliphatic heterocycles. The molecule has 27 heavy (non-hydrogen) atoms. The van der Waals surface area contributed by atoms with E-state index in [1.807, 2.05) is 42.5 Å². The second kappa shape index (κ2) is 10.2. The van der Waals surface area contributed by atoms with Crippen molar-refractivity contribution in [1.29, 1.82) is 0 Å². The van der Waals surface area contributed by atoms with Crippen LogP contribution in [0.2, 0.25) is 0 Å². The van der Waals surface area contributed by atoms with Crippen LogP contribution in [0.1, 0.15) is 18.9 Å². The summed E-state index contributed by atoms with van der Waals surface area (Å²) in [5.41, 5.74) is 6.38. The number of hydrogen-bond donors (Lipinski definition) is 1. The molecule has 6 nitrogen and oxygen atoms in total. The number of rotatable bonds is 10. The smallest absolute Gasteiger partial charge is 0.263 e. The van der Waals surface area contributed by atoms with Crippen molar-refractivity contribution < 1.29 is 19.1 Å². The van der Waals surface area contributed by atoms with Gasteiger partial charge in [-0.3, -0.25) is 9.59 Å². The SMILES string of the molecule is COc1ccccc1OC(C)C(=O)N(CCC(N)=O)CCc1ccccc1. The van der Waals surface area contributed by atoms with Gasteiger partial charge in [-0.25, -0.2) is 0 Å². The van der Waals surface area contributed by atoms with E-state index >= 15 is 0 Å². The lowest BCUT2D eigenvalue weighted by Gasteiger charge is -2.26. The molecule has 1 atom stereocenters. The Morgan fingerprint density at radius 3 is 2.26 bits per heavy atom. The number of nitrogens with zero attached hydrogens (tertiary/aromatic N) is 1. The summed E-state index contributed by atoms with van der Waals surface area (Å²) in [6, 6.07) is 17.0. The summed E-state index contributed by atoms with van der Waals surface area (Å²) >= 11 is 0. The van der Waals surface area contributed by atoms with Gasteiger partial charge >= 0.3 is 0 Å². The lowest BCUT2D eigenvalue weighted by Crippen LogP contribution is -2.43. The molecule has 0 aromatic heterocycles. The van der Waals surface area contributed by atoms with Crippen molar-refractivity contribution in [3.63, 3.8) is 0 Å². The number of primary amides is 1. The molecule has 2 amide bonds. The number of methoxy groups -OCH3 is 1. The van der Waals surface area contributed by atoms with Gasteiger partial charge in [-0.2, -0.15) is 0 Å². The van der Waals surface area contributed by atoms with Gasteiger partial charge in [0.1, 0.15) is 0 Å². The predicted molar refractivity (Wildman–Crippen MR) is 104 cm³/mol. The highest BCUT2D eigenvalue weighted by atomic mass is 16.5. The zero-order chi connectivity index (χ0) is 19.6. The van der Waals surface area contributed by atoms with E-state index in [0.29, 0.717) is 24.5 Å². The lowest BCUT2D eigenvalue weighted by molar-refractivity contribution is -0.138. The Hall–Kier alpha value is -3.02. The van der Waals surface area contributed by atoms with Crippen LogP contribution in [0, 0.1) is 0 Å². The molecule has 0 aliphatic carbocycles. The minimum Gasteiger partial charge on any atom is -0.493 e. The summed E-state index contributed by atoms with van der Waals surface area (Å²) in [5, 5.41) is 0. The molecule has 0 fully saturated rings. The number of hydrogen-bond acceptors (Lipinski definition) is 4. The Morgan fingerprint density at radius 2 is 1.63 bits per heavy atom. The minimum absolute atomic E-state index is 0.113. The van der Waals surface area contributed by atoms with Gasteiger partial charge in [0.25, 0.3) is 5.91 Å². The Bertz CT molecular complexity index is 749. The molecule has 0 radical (unpaired) electrons. The molecule has 0 aliphatic rings. The number of para-hydroxylation sites is 2. The van der Waals surface area contributed by atoms with Crippen LogP contribution in [0.4, 0.5) is 0 Å². The molecule has 6 heteroatoms. The Balaban J connectivity index is 2.05. The van der Waals surface area contributed by atoms with Crippen LogP contribution in [0.15, 0.2) is 54.6 Å². The van der Waals surface area contributed by atoms with Crippen molar-refractivity contribution in [2.45, 2.75) is 25.9 Å². The van der Waals surface area contributed by atoms with Crippen LogP contribution < -0.4 is 15.2 Å². The quantitative estimate of drug-likeness (QED) is 0.696. The highest BCUT2D eigenvalue weighted by Gasteiger charge is 2.23. The standard InChI is InChI=1S/C21H26N2O4/c1-16(27-19-11-7-6-10-18(19)26-2)21(25)23(15-13-20(22)24)14-12-17-8-4-3-5-9-17/h3-11,16H,12-15H2,1-2H3,(H2,22,24). The van der Waals surface area contributed by atoms with Crippen molar-refractivity contribution >= 4 is 11.8 Å². The van der Waals surface area contributed by atoms with E-state index < -0.39 is 12.0 Å². The molecular formula is C21H26N2O4. The summed E-state index contributed by atoms with van der Waals surface area (Å²) < 4.78 is 11.1. The summed E-state index contributed by atoms with van der Waals surface area (Å²) in [7, 11) is 1.55. The molecule has 0 spiro atoms. The second-order valence-electron chi connectivity index (χ2n) is 6.19. The molecule has 0 heterocycles. The second-order valence-corrected chi connectivity index (χ2v) is 6.19. The maximum Gasteiger partial charge on any atom is 0.263 e. The van der Waals surface area contributed by atoms with Gasteiger partial charge in [0.15, 0.2) is 17.6 Å². The van der Waals surface area contributed by atoms with Crippen molar-refractivity contribution in [1.82, 2.24) is 4.90 Å². The normalized spacial score (nSPS) is 11.5. The van der Waals surface area contributed by atoms with Crippen LogP contribution >= 0.6 is 0 Å². The molecule has 0 bridgehead atoms. The number of carbonyl (C=O) groups excluding carboxylic acids is 2. The lowest BCUT2D eigenvalue weighted by atomic mass is 10.1. The molecule has 0 saturated carbocycles. The summed E-state index contributed by atoms with van der Waals surface area (Å²) in [4.78, 5) is 25.7. The Labute approximate surface area is 159 Å². The van der Waals surface area contributed by atoms with Crippen molar-refractivity contribution in [2.75, 3.05) is 20.2 Å². The highest BCUT2D eigenvalue weighted by Crippen LogP contribution is 2.27. The third-order valence-corrected chi connectivity index (χ3v) is 4.17. The fourth-order valence-corrected chi connectivity index (χ4v) is 2.70. The largest absolute Gasteiger partial charge is 0.493 e. The average molecular weight is 370 g/mol. The topological polar surface area (TPSA) is 81.9 Å². The van der Waals surface area contributed by atoms with Gasteiger partial charge in [-0.1, -0.05) is 42.5 Å². The molecule has 144 valence electrons. The number of amides is 2. The molecule has 2 N–H and O–H groups in total. The first-order chi connectivity index (χ1) is 13.0. The van der Waals surface area contributed by atoms with E-state index in [0.717, 1.165) is 5.56 Å². The number of nitrogens with two attached hydrogens (primary N) is 1. The van der Waals surface area contributed by atoms with E-state index in [-0.39, 0.29) is 18.9 Å². The van der Waals surface area contributed by atoms with Crippen LogP contribution in [-0.4, -0.2) is 43.0 Å². The Kier molecular flexibility index (Phi) is 7.67. The molecule has 0 saturated heterocycles. The molecule has 2 rings (SSSR count). The molecular weight excluding hydrogens is 344 g/mol. The van der Waals surface area contributed by atoms with E-state index in [4.69, 9.17) is 15.2 Å². The van der Waals surface area contributed by atoms with Gasteiger partial charge in [-0.05, 0) is 31.0 Å². The van der Waals surface area contributed by atoms with Crippen LogP contribution in [0.25, 0.3) is 0 Å². The first-order valence-corrected chi connectivity index (χ1v) is 8.92. The summed E-state index contributed by atoms with van der Waals surface area (Å²) in [6.07, 6.45) is 0.0826. The van der Waals surface area contributed by atoms with Crippen molar-refractivity contribution in [2.24, 2.45) is 5.73 Å². The van der Waals surface area contributed by atoms with Crippen LogP contribution in [0.3, 0.4) is 0 Å². The number of carbonyl (C=O) groups is 2. The van der Waals surface area contributed by atoms with E-state index in [1.165, 1.54) is 0 Å². The zero-order valence-electron chi connectivity index (χ0n) is 15.8. The fourth-order valence-electron chi connectivity index (χ4n) is 2.70. The summed E-state index contributed by atoms with van der Waals surface area (Å²) in [6.45, 7) is 2.44. The van der Waals surface area contributed by atoms with Gasteiger partial charge in [0.2, 0.25) is 5.91 Å². The van der Waals surface area contributed by atoms with Crippen molar-refractivity contribution in [3.05, 3.63) is 60.2 Å². The third kappa shape index (κ3) is 6.33. The van der Waals surface area contributed by atoms with E-state index in [2.05, 4.69) is 0 Å². The van der Waals surface area contributed by atoms with Crippen LogP contribution in [-0.2, 0) is 16.0 Å². The summed E-state index contributed by atoms with van der Waals surface area (Å²) in [5.74, 6) is 0.424. The number of benzene rings is 2. The average Bonchev–Trinajstić information content (AvgIpc) is 2.68. The minimum atomic E-state index is -0.718. The molecule has 2 aromatic rings. The third-order valence-electron chi connectivity index (χ3n) is 4.17. The Morgan fingerprint density at radius 1 is 1.00 bits per heavy atom. The van der Waals surface area contributed by atoms with Crippen molar-refractivity contribution in [3.8, 4) is 11.5 Å². The maximum atomic E-state index is 12.9. The molecule has 1 unspecified atom stereocenters.